The van der Waals surface area contributed by atoms with Gasteiger partial charge in [-0.05, 0) is 47.5 Å². The summed E-state index contributed by atoms with van der Waals surface area (Å²) in [5.74, 6) is 1.39. The molecule has 0 unspecified atom stereocenters. The maximum Gasteiger partial charge on any atom is 0.250 e. The van der Waals surface area contributed by atoms with Crippen LogP contribution < -0.4 is 10.2 Å². The first-order chi connectivity index (χ1) is 18.8. The zero-order chi connectivity index (χ0) is 26.0. The fraction of sp³-hybridized carbons (Fsp3) is 0.0667. The molecule has 188 valence electrons. The van der Waals surface area contributed by atoms with Crippen LogP contribution in [0.2, 0.25) is 0 Å². The van der Waals surface area contributed by atoms with Gasteiger partial charge in [0.05, 0.1) is 12.0 Å². The summed E-state index contributed by atoms with van der Waals surface area (Å²) in [5, 5.41) is 13.5. The number of amides is 1. The van der Waals surface area contributed by atoms with Gasteiger partial charge >= 0.3 is 0 Å². The zero-order valence-electron chi connectivity index (χ0n) is 20.5. The highest BCUT2D eigenvalue weighted by Crippen LogP contribution is 2.27. The smallest absolute Gasteiger partial charge is 0.250 e. The molecule has 0 aliphatic heterocycles. The highest BCUT2D eigenvalue weighted by atomic mass is 32.2. The first-order valence-electron chi connectivity index (χ1n) is 12.0. The number of carbonyl (C=O) groups excluding carboxylic acids is 1. The van der Waals surface area contributed by atoms with Crippen molar-refractivity contribution in [1.29, 1.82) is 0 Å². The van der Waals surface area contributed by atoms with Crippen molar-refractivity contribution in [3.8, 4) is 22.8 Å². The zero-order valence-corrected chi connectivity index (χ0v) is 21.3. The molecule has 7 nitrogen and oxygen atoms in total. The molecule has 5 aromatic rings. The van der Waals surface area contributed by atoms with Crippen LogP contribution in [0.1, 0.15) is 11.1 Å². The van der Waals surface area contributed by atoms with E-state index >= 15 is 0 Å². The van der Waals surface area contributed by atoms with Gasteiger partial charge in [0.25, 0.3) is 5.91 Å². The summed E-state index contributed by atoms with van der Waals surface area (Å²) >= 11 is 1.30. The number of nitrogens with one attached hydrogen (secondary N) is 1. The van der Waals surface area contributed by atoms with Crippen LogP contribution in [-0.2, 0) is 11.4 Å². The molecular weight excluding hydrogens is 494 g/mol. The Hall–Kier alpha value is -4.69. The van der Waals surface area contributed by atoms with E-state index in [4.69, 9.17) is 4.74 Å². The summed E-state index contributed by atoms with van der Waals surface area (Å²) in [6, 6.07) is 37.2. The average Bonchev–Trinajstić information content (AvgIpc) is 3.41. The fourth-order valence-electron chi connectivity index (χ4n) is 3.68. The maximum atomic E-state index is 12.5. The van der Waals surface area contributed by atoms with Crippen molar-refractivity contribution in [3.05, 3.63) is 126 Å². The number of carbonyl (C=O) groups is 1. The van der Waals surface area contributed by atoms with E-state index in [1.807, 2.05) is 120 Å². The van der Waals surface area contributed by atoms with Gasteiger partial charge in [-0.3, -0.25) is 9.36 Å². The summed E-state index contributed by atoms with van der Waals surface area (Å²) < 4.78 is 7.76. The summed E-state index contributed by atoms with van der Waals surface area (Å²) in [5.41, 5.74) is 6.41. The van der Waals surface area contributed by atoms with Gasteiger partial charge in [-0.1, -0.05) is 90.6 Å². The van der Waals surface area contributed by atoms with Crippen LogP contribution in [0.4, 0.5) is 0 Å². The van der Waals surface area contributed by atoms with Crippen LogP contribution in [0.25, 0.3) is 17.1 Å². The lowest BCUT2D eigenvalue weighted by Gasteiger charge is -2.10. The predicted molar refractivity (Wildman–Crippen MR) is 150 cm³/mol. The number of nitrogens with zero attached hydrogens (tertiary/aromatic N) is 4. The molecule has 38 heavy (non-hydrogen) atoms. The molecule has 1 amide bonds. The molecule has 0 atom stereocenters. The Bertz CT molecular complexity index is 1490. The Morgan fingerprint density at radius 3 is 2.21 bits per heavy atom. The third kappa shape index (κ3) is 6.54. The van der Waals surface area contributed by atoms with Gasteiger partial charge in [-0.25, -0.2) is 5.43 Å². The number of aromatic nitrogens is 3. The van der Waals surface area contributed by atoms with E-state index in [1.165, 1.54) is 11.8 Å². The topological polar surface area (TPSA) is 81.4 Å². The minimum Gasteiger partial charge on any atom is -0.489 e. The third-order valence-corrected chi connectivity index (χ3v) is 6.47. The Labute approximate surface area is 225 Å². The fourth-order valence-corrected chi connectivity index (χ4v) is 4.42. The molecule has 1 N–H and O–H groups in total. The molecule has 5 rings (SSSR count). The van der Waals surface area contributed by atoms with Gasteiger partial charge in [0, 0.05) is 11.3 Å². The van der Waals surface area contributed by atoms with Gasteiger partial charge in [0.2, 0.25) is 0 Å². The largest absolute Gasteiger partial charge is 0.489 e. The highest BCUT2D eigenvalue weighted by Gasteiger charge is 2.17. The molecule has 8 heteroatoms. The lowest BCUT2D eigenvalue weighted by atomic mass is 10.2. The lowest BCUT2D eigenvalue weighted by molar-refractivity contribution is -0.118. The number of hydrazone groups is 1. The van der Waals surface area contributed by atoms with Crippen LogP contribution >= 0.6 is 11.8 Å². The SMILES string of the molecule is O=C(CSc1nnc(-c2ccccc2)n1-c1ccccc1)N/N=C/c1ccc(OCc2ccccc2)cc1. The molecule has 1 aromatic heterocycles. The predicted octanol–water partition coefficient (Wildman–Crippen LogP) is 5.76. The Balaban J connectivity index is 1.17. The number of hydrogen-bond donors (Lipinski definition) is 1. The quantitative estimate of drug-likeness (QED) is 0.144. The molecule has 0 fully saturated rings. The molecule has 1 heterocycles. The van der Waals surface area contributed by atoms with Crippen LogP contribution in [0.3, 0.4) is 0 Å². The van der Waals surface area contributed by atoms with E-state index in [1.54, 1.807) is 6.21 Å². The Kier molecular flexibility index (Phi) is 8.23. The van der Waals surface area contributed by atoms with Crippen molar-refractivity contribution in [2.45, 2.75) is 11.8 Å². The second-order valence-corrected chi connectivity index (χ2v) is 9.21. The summed E-state index contributed by atoms with van der Waals surface area (Å²) in [4.78, 5) is 12.5. The van der Waals surface area contributed by atoms with Gasteiger partial charge in [0.1, 0.15) is 12.4 Å². The average molecular weight is 520 g/mol. The van der Waals surface area contributed by atoms with E-state index in [2.05, 4.69) is 20.7 Å². The van der Waals surface area contributed by atoms with Crippen molar-refractivity contribution in [3.63, 3.8) is 0 Å². The second kappa shape index (κ2) is 12.5. The van der Waals surface area contributed by atoms with Crippen molar-refractivity contribution in [2.24, 2.45) is 5.10 Å². The lowest BCUT2D eigenvalue weighted by Crippen LogP contribution is -2.20. The van der Waals surface area contributed by atoms with E-state index in [-0.39, 0.29) is 11.7 Å². The van der Waals surface area contributed by atoms with Gasteiger partial charge in [0.15, 0.2) is 11.0 Å². The van der Waals surface area contributed by atoms with Gasteiger partial charge < -0.3 is 4.74 Å². The molecule has 4 aromatic carbocycles. The number of para-hydroxylation sites is 1. The second-order valence-electron chi connectivity index (χ2n) is 8.27. The summed E-state index contributed by atoms with van der Waals surface area (Å²) in [6.45, 7) is 0.507. The molecular formula is C30H25N5O2S. The van der Waals surface area contributed by atoms with Crippen LogP contribution in [0.15, 0.2) is 126 Å². The van der Waals surface area contributed by atoms with Crippen LogP contribution in [-0.4, -0.2) is 32.6 Å². The van der Waals surface area contributed by atoms with Gasteiger partial charge in [-0.15, -0.1) is 10.2 Å². The summed E-state index contributed by atoms with van der Waals surface area (Å²) in [7, 11) is 0. The van der Waals surface area contributed by atoms with E-state index < -0.39 is 0 Å². The van der Waals surface area contributed by atoms with E-state index in [0.29, 0.717) is 17.6 Å². The number of benzene rings is 4. The van der Waals surface area contributed by atoms with Crippen LogP contribution in [0, 0.1) is 0 Å². The monoisotopic (exact) mass is 519 g/mol. The first kappa shape index (κ1) is 25.0. The van der Waals surface area contributed by atoms with Crippen molar-refractivity contribution < 1.29 is 9.53 Å². The molecule has 0 saturated heterocycles. The minimum absolute atomic E-state index is 0.142. The molecule has 0 aliphatic rings. The molecule has 0 aliphatic carbocycles. The normalized spacial score (nSPS) is 10.9. The molecule has 0 radical (unpaired) electrons. The molecule has 0 spiro atoms. The minimum atomic E-state index is -0.238. The number of thioether (sulfide) groups is 1. The summed E-state index contributed by atoms with van der Waals surface area (Å²) in [6.07, 6.45) is 1.60. The van der Waals surface area contributed by atoms with E-state index in [9.17, 15) is 4.79 Å². The number of ether oxygens (including phenoxy) is 1. The highest BCUT2D eigenvalue weighted by molar-refractivity contribution is 7.99. The van der Waals surface area contributed by atoms with Crippen molar-refractivity contribution in [2.75, 3.05) is 5.75 Å². The number of rotatable bonds is 10. The third-order valence-electron chi connectivity index (χ3n) is 5.54. The Morgan fingerprint density at radius 1 is 0.842 bits per heavy atom. The molecule has 0 saturated carbocycles. The maximum absolute atomic E-state index is 12.5. The van der Waals surface area contributed by atoms with E-state index in [0.717, 1.165) is 28.1 Å². The van der Waals surface area contributed by atoms with Crippen molar-refractivity contribution >= 4 is 23.9 Å². The van der Waals surface area contributed by atoms with Crippen LogP contribution in [0.5, 0.6) is 5.75 Å². The number of hydrogen-bond acceptors (Lipinski definition) is 6. The van der Waals surface area contributed by atoms with Gasteiger partial charge in [-0.2, -0.15) is 5.10 Å². The first-order valence-corrected chi connectivity index (χ1v) is 13.0. The van der Waals surface area contributed by atoms with Crippen molar-refractivity contribution in [1.82, 2.24) is 20.2 Å². The Morgan fingerprint density at radius 2 is 1.50 bits per heavy atom. The standard InChI is InChI=1S/C30H25N5O2S/c36-28(32-31-20-23-16-18-27(19-17-23)37-21-24-10-4-1-5-11-24)22-38-30-34-33-29(25-12-6-2-7-13-25)35(30)26-14-8-3-9-15-26/h1-20H,21-22H2,(H,32,36)/b31-20+. The molecule has 0 bridgehead atoms.